The zero-order valence-electron chi connectivity index (χ0n) is 18.3. The van der Waals surface area contributed by atoms with Crippen molar-refractivity contribution in [2.75, 3.05) is 10.6 Å². The van der Waals surface area contributed by atoms with Crippen LogP contribution in [0.25, 0.3) is 0 Å². The molecule has 1 aliphatic heterocycles. The molecule has 1 aliphatic rings. The molecule has 0 spiro atoms. The van der Waals surface area contributed by atoms with E-state index < -0.39 is 18.0 Å². The number of hydrogen-bond acceptors (Lipinski definition) is 5. The standard InChI is InChI=1S/C26H28N4O3/c27-21-13-10-19(11-14-21)17-30-24-9-5-4-8-20(24)12-15-22(26(30)32)28-23(25(31)29-33)16-18-6-2-1-3-7-18/h1-11,13-14,22-23,28,33H,12,15-17,27H2,(H,29,31)/t22-,23?/m0/s1. The van der Waals surface area contributed by atoms with E-state index in [0.717, 1.165) is 22.4 Å². The molecule has 0 saturated carbocycles. The van der Waals surface area contributed by atoms with Crippen LogP contribution in [0.5, 0.6) is 0 Å². The van der Waals surface area contributed by atoms with Crippen LogP contribution >= 0.6 is 0 Å². The Hall–Kier alpha value is -3.68. The van der Waals surface area contributed by atoms with Crippen LogP contribution in [-0.4, -0.2) is 29.1 Å². The third kappa shape index (κ3) is 5.39. The maximum Gasteiger partial charge on any atom is 0.260 e. The largest absolute Gasteiger partial charge is 0.399 e. The average molecular weight is 445 g/mol. The molecular weight excluding hydrogens is 416 g/mol. The van der Waals surface area contributed by atoms with Crippen LogP contribution in [0.3, 0.4) is 0 Å². The van der Waals surface area contributed by atoms with E-state index >= 15 is 0 Å². The molecule has 1 heterocycles. The van der Waals surface area contributed by atoms with Crippen molar-refractivity contribution in [1.82, 2.24) is 10.8 Å². The number of aryl methyl sites for hydroxylation is 1. The summed E-state index contributed by atoms with van der Waals surface area (Å²) in [6.45, 7) is 0.393. The lowest BCUT2D eigenvalue weighted by atomic mass is 10.0. The second-order valence-corrected chi connectivity index (χ2v) is 8.27. The lowest BCUT2D eigenvalue weighted by Gasteiger charge is -2.28. The molecule has 7 nitrogen and oxygen atoms in total. The number of benzene rings is 3. The van der Waals surface area contributed by atoms with E-state index in [2.05, 4.69) is 5.32 Å². The Morgan fingerprint density at radius 1 is 1.00 bits per heavy atom. The van der Waals surface area contributed by atoms with Crippen LogP contribution < -0.4 is 21.4 Å². The Bertz CT molecular complexity index is 1100. The second-order valence-electron chi connectivity index (χ2n) is 8.27. The van der Waals surface area contributed by atoms with E-state index in [1.165, 1.54) is 0 Å². The lowest BCUT2D eigenvalue weighted by Crippen LogP contribution is -2.54. The number of carbonyl (C=O) groups excluding carboxylic acids is 2. The molecule has 3 aromatic rings. The Balaban J connectivity index is 1.61. The van der Waals surface area contributed by atoms with Gasteiger partial charge in [0.25, 0.3) is 5.91 Å². The molecule has 5 N–H and O–H groups in total. The molecule has 0 aromatic heterocycles. The molecule has 0 radical (unpaired) electrons. The van der Waals surface area contributed by atoms with E-state index in [1.54, 1.807) is 10.4 Å². The molecule has 2 amide bonds. The fourth-order valence-electron chi connectivity index (χ4n) is 4.24. The summed E-state index contributed by atoms with van der Waals surface area (Å²) in [6.07, 6.45) is 1.58. The number of para-hydroxylation sites is 1. The Labute approximate surface area is 193 Å². The Kier molecular flexibility index (Phi) is 7.02. The molecule has 4 rings (SSSR count). The number of nitrogens with one attached hydrogen (secondary N) is 2. The van der Waals surface area contributed by atoms with Crippen LogP contribution in [-0.2, 0) is 29.0 Å². The summed E-state index contributed by atoms with van der Waals surface area (Å²) in [4.78, 5) is 27.9. The van der Waals surface area contributed by atoms with Gasteiger partial charge in [-0.15, -0.1) is 0 Å². The molecule has 0 bridgehead atoms. The summed E-state index contributed by atoms with van der Waals surface area (Å²) < 4.78 is 0. The minimum Gasteiger partial charge on any atom is -0.399 e. The predicted octanol–water partition coefficient (Wildman–Crippen LogP) is 2.82. The monoisotopic (exact) mass is 444 g/mol. The molecule has 2 atom stereocenters. The van der Waals surface area contributed by atoms with E-state index in [4.69, 9.17) is 5.73 Å². The number of rotatable bonds is 7. The number of nitrogens with zero attached hydrogens (tertiary/aromatic N) is 1. The van der Waals surface area contributed by atoms with Crippen LogP contribution in [0.15, 0.2) is 78.9 Å². The van der Waals surface area contributed by atoms with Crippen LogP contribution in [0.2, 0.25) is 0 Å². The third-order valence-electron chi connectivity index (χ3n) is 5.98. The fourth-order valence-corrected chi connectivity index (χ4v) is 4.24. The van der Waals surface area contributed by atoms with Crippen molar-refractivity contribution in [3.05, 3.63) is 95.6 Å². The molecule has 33 heavy (non-hydrogen) atoms. The first-order valence-corrected chi connectivity index (χ1v) is 11.0. The maximum absolute atomic E-state index is 13.7. The van der Waals surface area contributed by atoms with Crippen molar-refractivity contribution in [3.63, 3.8) is 0 Å². The van der Waals surface area contributed by atoms with Crippen molar-refractivity contribution in [3.8, 4) is 0 Å². The summed E-state index contributed by atoms with van der Waals surface area (Å²) in [7, 11) is 0. The summed E-state index contributed by atoms with van der Waals surface area (Å²) in [5.74, 6) is -0.681. The van der Waals surface area contributed by atoms with Gasteiger partial charge < -0.3 is 10.6 Å². The Morgan fingerprint density at radius 2 is 1.70 bits per heavy atom. The number of amides is 2. The highest BCUT2D eigenvalue weighted by Crippen LogP contribution is 2.29. The van der Waals surface area contributed by atoms with Crippen molar-refractivity contribution in [1.29, 1.82) is 0 Å². The minimum absolute atomic E-state index is 0.111. The highest BCUT2D eigenvalue weighted by atomic mass is 16.5. The maximum atomic E-state index is 13.7. The molecule has 1 unspecified atom stereocenters. The molecule has 7 heteroatoms. The van der Waals surface area contributed by atoms with Crippen molar-refractivity contribution >= 4 is 23.2 Å². The third-order valence-corrected chi connectivity index (χ3v) is 5.98. The first kappa shape index (κ1) is 22.5. The van der Waals surface area contributed by atoms with Gasteiger partial charge in [0.2, 0.25) is 5.91 Å². The number of anilines is 2. The smallest absolute Gasteiger partial charge is 0.260 e. The Morgan fingerprint density at radius 3 is 2.42 bits per heavy atom. The lowest BCUT2D eigenvalue weighted by molar-refractivity contribution is -0.132. The first-order chi connectivity index (χ1) is 16.0. The number of nitrogens with two attached hydrogens (primary N) is 1. The quantitative estimate of drug-likeness (QED) is 0.255. The minimum atomic E-state index is -0.758. The van der Waals surface area contributed by atoms with Gasteiger partial charge in [0, 0.05) is 11.4 Å². The van der Waals surface area contributed by atoms with Gasteiger partial charge in [-0.3, -0.25) is 20.1 Å². The zero-order valence-corrected chi connectivity index (χ0v) is 18.3. The number of hydroxylamine groups is 1. The van der Waals surface area contributed by atoms with Gasteiger partial charge in [0.15, 0.2) is 0 Å². The van der Waals surface area contributed by atoms with Crippen molar-refractivity contribution in [2.45, 2.75) is 37.9 Å². The summed E-state index contributed by atoms with van der Waals surface area (Å²) in [5, 5.41) is 12.5. The number of hydrogen-bond donors (Lipinski definition) is 4. The molecule has 0 saturated heterocycles. The van der Waals surface area contributed by atoms with Crippen molar-refractivity contribution in [2.24, 2.45) is 0 Å². The average Bonchev–Trinajstić information content (AvgIpc) is 2.97. The van der Waals surface area contributed by atoms with Gasteiger partial charge in [-0.05, 0) is 54.2 Å². The topological polar surface area (TPSA) is 108 Å². The number of carbonyl (C=O) groups is 2. The van der Waals surface area contributed by atoms with Gasteiger partial charge in [-0.2, -0.15) is 0 Å². The van der Waals surface area contributed by atoms with Crippen LogP contribution in [0.1, 0.15) is 23.1 Å². The molecular formula is C26H28N4O3. The summed E-state index contributed by atoms with van der Waals surface area (Å²) in [6, 6.07) is 23.5. The summed E-state index contributed by atoms with van der Waals surface area (Å²) >= 11 is 0. The van der Waals surface area contributed by atoms with E-state index in [0.29, 0.717) is 31.5 Å². The van der Waals surface area contributed by atoms with Crippen LogP contribution in [0.4, 0.5) is 11.4 Å². The SMILES string of the molecule is Nc1ccc(CN2C(=O)[C@@H](NC(Cc3ccccc3)C(=O)NO)CCc3ccccc32)cc1. The fraction of sp³-hybridized carbons (Fsp3) is 0.231. The van der Waals surface area contributed by atoms with Gasteiger partial charge in [0.05, 0.1) is 18.6 Å². The molecule has 0 aliphatic carbocycles. The summed E-state index contributed by atoms with van der Waals surface area (Å²) in [5.41, 5.74) is 12.1. The molecule has 3 aromatic carbocycles. The van der Waals surface area contributed by atoms with E-state index in [9.17, 15) is 14.8 Å². The van der Waals surface area contributed by atoms with E-state index in [1.807, 2.05) is 78.9 Å². The van der Waals surface area contributed by atoms with Gasteiger partial charge >= 0.3 is 0 Å². The normalized spacial score (nSPS) is 16.6. The van der Waals surface area contributed by atoms with Gasteiger partial charge in [-0.1, -0.05) is 60.7 Å². The zero-order chi connectivity index (χ0) is 23.2. The molecule has 170 valence electrons. The van der Waals surface area contributed by atoms with Crippen LogP contribution in [0, 0.1) is 0 Å². The van der Waals surface area contributed by atoms with Crippen molar-refractivity contribution < 1.29 is 14.8 Å². The van der Waals surface area contributed by atoms with E-state index in [-0.39, 0.29) is 5.91 Å². The number of fused-ring (bicyclic) bond motifs is 1. The highest BCUT2D eigenvalue weighted by Gasteiger charge is 2.33. The first-order valence-electron chi connectivity index (χ1n) is 11.0. The predicted molar refractivity (Wildman–Crippen MR) is 128 cm³/mol. The molecule has 0 fully saturated rings. The van der Waals surface area contributed by atoms with Gasteiger partial charge in [0.1, 0.15) is 0 Å². The number of nitrogen functional groups attached to an aromatic ring is 1. The second kappa shape index (κ2) is 10.3. The highest BCUT2D eigenvalue weighted by molar-refractivity contribution is 5.99. The van der Waals surface area contributed by atoms with Gasteiger partial charge in [-0.25, -0.2) is 5.48 Å².